The molecule has 0 bridgehead atoms. The smallest absolute Gasteiger partial charge is 0.255 e. The molecule has 3 rings (SSSR count). The fourth-order valence-corrected chi connectivity index (χ4v) is 3.64. The Bertz CT molecular complexity index is 999. The van der Waals surface area contributed by atoms with Gasteiger partial charge in [-0.15, -0.1) is 0 Å². The maximum absolute atomic E-state index is 12.5. The molecule has 1 heterocycles. The molecule has 1 aromatic heterocycles. The number of amides is 1. The van der Waals surface area contributed by atoms with Crippen LogP contribution in [0.2, 0.25) is 0 Å². The normalized spacial score (nSPS) is 10.6. The first-order chi connectivity index (χ1) is 13.5. The average Bonchev–Trinajstić information content (AvgIpc) is 2.70. The molecule has 0 spiro atoms. The molecule has 0 aliphatic heterocycles. The summed E-state index contributed by atoms with van der Waals surface area (Å²) >= 11 is 1.47. The van der Waals surface area contributed by atoms with Crippen LogP contribution in [0.15, 0.2) is 64.5 Å². The van der Waals surface area contributed by atoms with Crippen LogP contribution in [-0.2, 0) is 23.4 Å². The molecule has 1 amide bonds. The number of anilines is 1. The Labute approximate surface area is 168 Å². The van der Waals surface area contributed by atoms with Crippen molar-refractivity contribution in [2.45, 2.75) is 37.6 Å². The number of nitrogens with zero attached hydrogens (tertiary/aromatic N) is 1. The van der Waals surface area contributed by atoms with E-state index in [1.807, 2.05) is 54.6 Å². The predicted molar refractivity (Wildman–Crippen MR) is 114 cm³/mol. The fourth-order valence-electron chi connectivity index (χ4n) is 2.78. The molecule has 0 unspecified atom stereocenters. The third-order valence-electron chi connectivity index (χ3n) is 4.40. The zero-order valence-electron chi connectivity index (χ0n) is 16.0. The van der Waals surface area contributed by atoms with Gasteiger partial charge in [-0.05, 0) is 36.6 Å². The lowest BCUT2D eigenvalue weighted by Gasteiger charge is -2.09. The first-order valence-electron chi connectivity index (χ1n) is 9.20. The van der Waals surface area contributed by atoms with E-state index in [1.165, 1.54) is 17.3 Å². The molecule has 28 heavy (non-hydrogen) atoms. The molecule has 0 aliphatic rings. The Balaban J connectivity index is 1.64. The van der Waals surface area contributed by atoms with E-state index in [1.54, 1.807) is 6.92 Å². The van der Waals surface area contributed by atoms with Gasteiger partial charge in [0.05, 0.1) is 6.42 Å². The lowest BCUT2D eigenvalue weighted by molar-refractivity contribution is -0.115. The number of carbonyl (C=O) groups excluding carboxylic acids is 1. The fraction of sp³-hybridized carbons (Fsp3) is 0.227. The first kappa shape index (κ1) is 19.9. The maximum Gasteiger partial charge on any atom is 0.255 e. The molecular weight excluding hydrogens is 370 g/mol. The van der Waals surface area contributed by atoms with Gasteiger partial charge in [-0.1, -0.05) is 61.2 Å². The summed E-state index contributed by atoms with van der Waals surface area (Å²) in [6, 6.07) is 17.7. The number of aryl methyl sites for hydroxylation is 2. The molecule has 2 N–H and O–H groups in total. The van der Waals surface area contributed by atoms with Crippen LogP contribution in [0.1, 0.15) is 29.3 Å². The summed E-state index contributed by atoms with van der Waals surface area (Å²) < 4.78 is 0. The third kappa shape index (κ3) is 5.33. The summed E-state index contributed by atoms with van der Waals surface area (Å²) in [5, 5.41) is 3.39. The minimum atomic E-state index is -0.264. The Kier molecular flexibility index (Phi) is 6.66. The molecule has 5 nitrogen and oxygen atoms in total. The molecule has 0 fully saturated rings. The average molecular weight is 394 g/mol. The summed E-state index contributed by atoms with van der Waals surface area (Å²) in [5.41, 5.74) is 3.80. The zero-order chi connectivity index (χ0) is 19.9. The van der Waals surface area contributed by atoms with Gasteiger partial charge in [-0.25, -0.2) is 4.98 Å². The van der Waals surface area contributed by atoms with E-state index in [9.17, 15) is 9.59 Å². The molecular formula is C22H23N3O2S. The number of aromatic nitrogens is 2. The van der Waals surface area contributed by atoms with Gasteiger partial charge in [-0.3, -0.25) is 9.59 Å². The highest BCUT2D eigenvalue weighted by atomic mass is 32.2. The van der Waals surface area contributed by atoms with Crippen molar-refractivity contribution in [1.82, 2.24) is 9.97 Å². The summed E-state index contributed by atoms with van der Waals surface area (Å²) in [4.78, 5) is 32.0. The van der Waals surface area contributed by atoms with Gasteiger partial charge in [0.25, 0.3) is 5.56 Å². The number of thioether (sulfide) groups is 1. The van der Waals surface area contributed by atoms with Gasteiger partial charge in [-0.2, -0.15) is 0 Å². The quantitative estimate of drug-likeness (QED) is 0.468. The van der Waals surface area contributed by atoms with Crippen molar-refractivity contribution < 1.29 is 4.79 Å². The Morgan fingerprint density at radius 1 is 1.07 bits per heavy atom. The second-order valence-corrected chi connectivity index (χ2v) is 7.45. The molecule has 3 aromatic rings. The molecule has 0 radical (unpaired) electrons. The van der Waals surface area contributed by atoms with Crippen molar-refractivity contribution in [3.8, 4) is 0 Å². The SMILES string of the molecule is CCc1ccc(NC(=O)Cc2c(C)nc(SCc3ccccc3)[nH]c2=O)cc1. The topological polar surface area (TPSA) is 74.8 Å². The van der Waals surface area contributed by atoms with Crippen molar-refractivity contribution in [2.24, 2.45) is 0 Å². The van der Waals surface area contributed by atoms with Crippen LogP contribution in [0, 0.1) is 6.92 Å². The minimum Gasteiger partial charge on any atom is -0.326 e. The maximum atomic E-state index is 12.5. The lowest BCUT2D eigenvalue weighted by Crippen LogP contribution is -2.23. The number of hydrogen-bond acceptors (Lipinski definition) is 4. The van der Waals surface area contributed by atoms with Gasteiger partial charge >= 0.3 is 0 Å². The van der Waals surface area contributed by atoms with Gasteiger partial charge in [0.2, 0.25) is 5.91 Å². The Morgan fingerprint density at radius 3 is 2.43 bits per heavy atom. The second-order valence-electron chi connectivity index (χ2n) is 6.48. The molecule has 0 saturated heterocycles. The van der Waals surface area contributed by atoms with E-state index >= 15 is 0 Å². The van der Waals surface area contributed by atoms with E-state index < -0.39 is 0 Å². The number of nitrogens with one attached hydrogen (secondary N) is 2. The molecule has 6 heteroatoms. The van der Waals surface area contributed by atoms with Crippen molar-refractivity contribution in [3.05, 3.63) is 87.3 Å². The zero-order valence-corrected chi connectivity index (χ0v) is 16.8. The van der Waals surface area contributed by atoms with Crippen LogP contribution in [0.3, 0.4) is 0 Å². The van der Waals surface area contributed by atoms with Crippen LogP contribution in [-0.4, -0.2) is 15.9 Å². The van der Waals surface area contributed by atoms with Gasteiger partial charge in [0, 0.05) is 22.7 Å². The summed E-state index contributed by atoms with van der Waals surface area (Å²) in [6.07, 6.45) is 0.941. The molecule has 0 saturated carbocycles. The van der Waals surface area contributed by atoms with Crippen LogP contribution in [0.5, 0.6) is 0 Å². The van der Waals surface area contributed by atoms with E-state index in [-0.39, 0.29) is 17.9 Å². The van der Waals surface area contributed by atoms with E-state index in [2.05, 4.69) is 22.2 Å². The number of aromatic amines is 1. The van der Waals surface area contributed by atoms with Crippen LogP contribution in [0.25, 0.3) is 0 Å². The predicted octanol–water partition coefficient (Wildman–Crippen LogP) is 4.11. The van der Waals surface area contributed by atoms with E-state index in [0.29, 0.717) is 16.4 Å². The minimum absolute atomic E-state index is 0.00662. The number of carbonyl (C=O) groups is 1. The molecule has 144 valence electrons. The molecule has 2 aromatic carbocycles. The summed E-state index contributed by atoms with van der Waals surface area (Å²) in [6.45, 7) is 3.85. The van der Waals surface area contributed by atoms with Gasteiger partial charge < -0.3 is 10.3 Å². The summed E-state index contributed by atoms with van der Waals surface area (Å²) in [7, 11) is 0. The van der Waals surface area contributed by atoms with Crippen molar-refractivity contribution in [2.75, 3.05) is 5.32 Å². The largest absolute Gasteiger partial charge is 0.326 e. The van der Waals surface area contributed by atoms with E-state index in [4.69, 9.17) is 0 Å². The monoisotopic (exact) mass is 393 g/mol. The number of benzene rings is 2. The molecule has 0 atom stereocenters. The standard InChI is InChI=1S/C22H23N3O2S/c1-3-16-9-11-18(12-10-16)24-20(26)13-19-15(2)23-22(25-21(19)27)28-14-17-7-5-4-6-8-17/h4-12H,3,13-14H2,1-2H3,(H,24,26)(H,23,25,27). The van der Waals surface area contributed by atoms with Gasteiger partial charge in [0.1, 0.15) is 0 Å². The van der Waals surface area contributed by atoms with Gasteiger partial charge in [0.15, 0.2) is 5.16 Å². The number of rotatable bonds is 7. The third-order valence-corrected chi connectivity index (χ3v) is 5.35. The van der Waals surface area contributed by atoms with Crippen LogP contribution >= 0.6 is 11.8 Å². The number of hydrogen-bond donors (Lipinski definition) is 2. The summed E-state index contributed by atoms with van der Waals surface area (Å²) in [5.74, 6) is 0.487. The highest BCUT2D eigenvalue weighted by molar-refractivity contribution is 7.98. The second kappa shape index (κ2) is 9.37. The Morgan fingerprint density at radius 2 is 1.79 bits per heavy atom. The highest BCUT2D eigenvalue weighted by Crippen LogP contribution is 2.19. The van der Waals surface area contributed by atoms with Crippen molar-refractivity contribution in [1.29, 1.82) is 0 Å². The lowest BCUT2D eigenvalue weighted by atomic mass is 10.1. The number of H-pyrrole nitrogens is 1. The van der Waals surface area contributed by atoms with Crippen molar-refractivity contribution in [3.63, 3.8) is 0 Å². The van der Waals surface area contributed by atoms with Crippen LogP contribution in [0.4, 0.5) is 5.69 Å². The van der Waals surface area contributed by atoms with Crippen molar-refractivity contribution >= 4 is 23.4 Å². The van der Waals surface area contributed by atoms with Crippen LogP contribution < -0.4 is 10.9 Å². The molecule has 0 aliphatic carbocycles. The highest BCUT2D eigenvalue weighted by Gasteiger charge is 2.13. The first-order valence-corrected chi connectivity index (χ1v) is 10.2. The Hall–Kier alpha value is -2.86. The van der Waals surface area contributed by atoms with E-state index in [0.717, 1.165) is 23.4 Å².